The molecule has 0 aromatic carbocycles. The van der Waals surface area contributed by atoms with E-state index in [2.05, 4.69) is 78.0 Å². The van der Waals surface area contributed by atoms with Gasteiger partial charge >= 0.3 is 0 Å². The maximum atomic E-state index is 12.7. The van der Waals surface area contributed by atoms with Crippen LogP contribution in [-0.2, 0) is 19.0 Å². The molecule has 0 bridgehead atoms. The first-order chi connectivity index (χ1) is 20.3. The Morgan fingerprint density at radius 3 is 2.63 bits per heavy atom. The average Bonchev–Trinajstić information content (AvgIpc) is 3.66. The van der Waals surface area contributed by atoms with Crippen molar-refractivity contribution in [1.29, 1.82) is 0 Å². The van der Waals surface area contributed by atoms with Gasteiger partial charge in [-0.2, -0.15) is 0 Å². The SMILES string of the molecule is CC(C)N(C[C@H]1O[C@@H](n2cnc3c(N)ncnc32)[C@@H]2OC(C)(C)O[C@@H]21)C1CC(CCC(=O)NC2C=CC(C(C)(C)C)=C2)C1. The van der Waals surface area contributed by atoms with E-state index >= 15 is 0 Å². The normalized spacial score (nSPS) is 31.6. The highest BCUT2D eigenvalue weighted by Crippen LogP contribution is 2.45. The molecule has 11 heteroatoms. The van der Waals surface area contributed by atoms with Gasteiger partial charge in [-0.15, -0.1) is 0 Å². The first kappa shape index (κ1) is 30.2. The summed E-state index contributed by atoms with van der Waals surface area (Å²) < 4.78 is 21.3. The van der Waals surface area contributed by atoms with Gasteiger partial charge in [0.25, 0.3) is 0 Å². The maximum Gasteiger partial charge on any atom is 0.220 e. The molecule has 1 saturated carbocycles. The predicted molar refractivity (Wildman–Crippen MR) is 164 cm³/mol. The van der Waals surface area contributed by atoms with Crippen LogP contribution in [0.25, 0.3) is 11.2 Å². The summed E-state index contributed by atoms with van der Waals surface area (Å²) >= 11 is 0. The second-order valence-corrected chi connectivity index (χ2v) is 14.4. The smallest absolute Gasteiger partial charge is 0.220 e. The molecule has 43 heavy (non-hydrogen) atoms. The zero-order valence-corrected chi connectivity index (χ0v) is 26.5. The first-order valence-corrected chi connectivity index (χ1v) is 15.7. The third kappa shape index (κ3) is 6.09. The number of nitrogens with two attached hydrogens (primary N) is 1. The lowest BCUT2D eigenvalue weighted by Crippen LogP contribution is -2.52. The summed E-state index contributed by atoms with van der Waals surface area (Å²) in [4.78, 5) is 28.2. The Hall–Kier alpha value is -2.86. The molecule has 1 amide bonds. The van der Waals surface area contributed by atoms with Crippen molar-refractivity contribution in [2.45, 2.75) is 123 Å². The van der Waals surface area contributed by atoms with E-state index in [9.17, 15) is 4.79 Å². The highest BCUT2D eigenvalue weighted by Gasteiger charge is 2.57. The van der Waals surface area contributed by atoms with Gasteiger partial charge in [0.2, 0.25) is 5.91 Å². The molecule has 6 rings (SSSR count). The minimum atomic E-state index is -0.719. The molecule has 2 saturated heterocycles. The molecule has 3 N–H and O–H groups in total. The first-order valence-electron chi connectivity index (χ1n) is 15.7. The van der Waals surface area contributed by atoms with Crippen LogP contribution in [0.5, 0.6) is 0 Å². The number of anilines is 1. The minimum Gasteiger partial charge on any atom is -0.382 e. The van der Waals surface area contributed by atoms with Crippen LogP contribution in [0.2, 0.25) is 0 Å². The molecule has 2 aromatic heterocycles. The molecule has 4 heterocycles. The summed E-state index contributed by atoms with van der Waals surface area (Å²) in [5.41, 5.74) is 8.58. The fourth-order valence-electron chi connectivity index (χ4n) is 6.98. The minimum absolute atomic E-state index is 0.00300. The fourth-order valence-corrected chi connectivity index (χ4v) is 6.98. The Balaban J connectivity index is 1.06. The van der Waals surface area contributed by atoms with Gasteiger partial charge in [-0.05, 0) is 63.9 Å². The number of carbonyl (C=O) groups is 1. The topological polar surface area (TPSA) is 130 Å². The average molecular weight is 594 g/mol. The number of ether oxygens (including phenoxy) is 3. The Morgan fingerprint density at radius 2 is 1.93 bits per heavy atom. The summed E-state index contributed by atoms with van der Waals surface area (Å²) in [6, 6.07) is 0.787. The number of imidazole rings is 1. The highest BCUT2D eigenvalue weighted by atomic mass is 16.8. The maximum absolute atomic E-state index is 12.7. The van der Waals surface area contributed by atoms with Crippen molar-refractivity contribution in [3.05, 3.63) is 36.5 Å². The molecule has 234 valence electrons. The Morgan fingerprint density at radius 1 is 1.19 bits per heavy atom. The van der Waals surface area contributed by atoms with Crippen molar-refractivity contribution in [2.24, 2.45) is 11.3 Å². The Labute approximate surface area is 254 Å². The van der Waals surface area contributed by atoms with E-state index in [1.807, 2.05) is 18.4 Å². The van der Waals surface area contributed by atoms with E-state index in [0.29, 0.717) is 41.4 Å². The van der Waals surface area contributed by atoms with Gasteiger partial charge in [0.1, 0.15) is 30.2 Å². The monoisotopic (exact) mass is 593 g/mol. The molecule has 2 aliphatic heterocycles. The second-order valence-electron chi connectivity index (χ2n) is 14.4. The number of aromatic nitrogens is 4. The number of rotatable bonds is 9. The molecule has 1 unspecified atom stereocenters. The van der Waals surface area contributed by atoms with Crippen molar-refractivity contribution in [3.8, 4) is 0 Å². The van der Waals surface area contributed by atoms with E-state index in [-0.39, 0.29) is 35.7 Å². The molecule has 5 atom stereocenters. The fraction of sp³-hybridized carbons (Fsp3) is 0.688. The van der Waals surface area contributed by atoms with E-state index in [4.69, 9.17) is 19.9 Å². The number of nitrogen functional groups attached to an aromatic ring is 1. The van der Waals surface area contributed by atoms with Crippen LogP contribution in [0.15, 0.2) is 36.5 Å². The second kappa shape index (κ2) is 11.3. The van der Waals surface area contributed by atoms with Crippen molar-refractivity contribution < 1.29 is 19.0 Å². The Bertz CT molecular complexity index is 1400. The van der Waals surface area contributed by atoms with Gasteiger partial charge in [0, 0.05) is 25.0 Å². The molecular formula is C32H47N7O4. The van der Waals surface area contributed by atoms with Crippen molar-refractivity contribution in [2.75, 3.05) is 12.3 Å². The molecule has 3 fully saturated rings. The lowest BCUT2D eigenvalue weighted by Gasteiger charge is -2.46. The van der Waals surface area contributed by atoms with Crippen LogP contribution in [0.3, 0.4) is 0 Å². The van der Waals surface area contributed by atoms with Gasteiger partial charge < -0.3 is 25.3 Å². The number of allylic oxidation sites excluding steroid dienone is 2. The molecule has 2 aliphatic carbocycles. The number of nitrogens with one attached hydrogen (secondary N) is 1. The van der Waals surface area contributed by atoms with E-state index in [1.165, 1.54) is 11.9 Å². The number of hydrogen-bond acceptors (Lipinski definition) is 9. The highest BCUT2D eigenvalue weighted by molar-refractivity contribution is 5.81. The predicted octanol–water partition coefficient (Wildman–Crippen LogP) is 4.12. The van der Waals surface area contributed by atoms with Crippen LogP contribution < -0.4 is 11.1 Å². The quantitative estimate of drug-likeness (QED) is 0.441. The van der Waals surface area contributed by atoms with Crippen LogP contribution in [0.4, 0.5) is 5.82 Å². The third-order valence-corrected chi connectivity index (χ3v) is 9.34. The van der Waals surface area contributed by atoms with Gasteiger partial charge in [0.05, 0.1) is 12.4 Å². The largest absolute Gasteiger partial charge is 0.382 e. The lowest BCUT2D eigenvalue weighted by molar-refractivity contribution is -0.199. The third-order valence-electron chi connectivity index (χ3n) is 9.34. The summed E-state index contributed by atoms with van der Waals surface area (Å²) in [5.74, 6) is 0.294. The molecule has 2 aromatic rings. The van der Waals surface area contributed by atoms with E-state index in [0.717, 1.165) is 25.8 Å². The zero-order valence-electron chi connectivity index (χ0n) is 26.5. The number of carbonyl (C=O) groups excluding carboxylic acids is 1. The van der Waals surface area contributed by atoms with Crippen LogP contribution >= 0.6 is 0 Å². The lowest BCUT2D eigenvalue weighted by atomic mass is 9.76. The van der Waals surface area contributed by atoms with Crippen LogP contribution in [0.1, 0.15) is 80.4 Å². The molecule has 4 aliphatic rings. The number of hydrogen-bond donors (Lipinski definition) is 2. The van der Waals surface area contributed by atoms with Gasteiger partial charge in [-0.3, -0.25) is 14.3 Å². The van der Waals surface area contributed by atoms with Crippen molar-refractivity contribution in [3.63, 3.8) is 0 Å². The molecule has 0 radical (unpaired) electrons. The van der Waals surface area contributed by atoms with E-state index in [1.54, 1.807) is 6.33 Å². The van der Waals surface area contributed by atoms with Gasteiger partial charge in [0.15, 0.2) is 23.5 Å². The van der Waals surface area contributed by atoms with Crippen LogP contribution in [-0.4, -0.2) is 79.1 Å². The zero-order chi connectivity index (χ0) is 30.7. The summed E-state index contributed by atoms with van der Waals surface area (Å²) in [5, 5.41) is 3.17. The van der Waals surface area contributed by atoms with Crippen molar-refractivity contribution in [1.82, 2.24) is 29.7 Å². The Kier molecular flexibility index (Phi) is 7.90. The molecule has 11 nitrogen and oxygen atoms in total. The summed E-state index contributed by atoms with van der Waals surface area (Å²) in [6.45, 7) is 15.7. The van der Waals surface area contributed by atoms with Gasteiger partial charge in [-0.1, -0.05) is 39.0 Å². The standard InChI is InChI=1S/C32H47N7O4/c1-18(2)38(22-12-19(13-22)8-11-24(40)37-21-10-9-20(14-21)31(3,4)5)15-23-26-27(43-32(6,7)42-26)30(41-23)39-17-36-25-28(33)34-16-35-29(25)39/h9-10,14,16-19,21-23,26-27,30H,8,11-13,15H2,1-7H3,(H,37,40)(H2,33,34,35)/t19?,21?,22?,23-,26-,27-,30-/m1/s1. The summed E-state index contributed by atoms with van der Waals surface area (Å²) in [7, 11) is 0. The number of amides is 1. The summed E-state index contributed by atoms with van der Waals surface area (Å²) in [6.07, 6.45) is 12.0. The molecule has 0 spiro atoms. The number of fused-ring (bicyclic) bond motifs is 2. The van der Waals surface area contributed by atoms with E-state index < -0.39 is 12.0 Å². The van der Waals surface area contributed by atoms with Crippen LogP contribution in [0, 0.1) is 11.3 Å². The van der Waals surface area contributed by atoms with Crippen molar-refractivity contribution >= 4 is 22.9 Å². The molecular weight excluding hydrogens is 546 g/mol. The van der Waals surface area contributed by atoms with Gasteiger partial charge in [-0.25, -0.2) is 15.0 Å². The number of nitrogens with zero attached hydrogens (tertiary/aromatic N) is 5.